The van der Waals surface area contributed by atoms with E-state index in [0.717, 1.165) is 5.41 Å². The molecule has 2 unspecified atom stereocenters. The van der Waals surface area contributed by atoms with Crippen LogP contribution in [0.15, 0.2) is 0 Å². The van der Waals surface area contributed by atoms with E-state index in [9.17, 15) is 0 Å². The summed E-state index contributed by atoms with van der Waals surface area (Å²) in [5, 5.41) is 0. The van der Waals surface area contributed by atoms with Crippen LogP contribution in [0, 0.1) is 23.2 Å². The molecule has 3 fully saturated rings. The summed E-state index contributed by atoms with van der Waals surface area (Å²) < 4.78 is 0. The van der Waals surface area contributed by atoms with Gasteiger partial charge in [0, 0.05) is 0 Å². The summed E-state index contributed by atoms with van der Waals surface area (Å²) in [5.74, 6) is 3.70. The molecule has 3 rings (SSSR count). The second kappa shape index (κ2) is 0.778. The van der Waals surface area contributed by atoms with E-state index in [-0.39, 0.29) is 0 Å². The molecule has 0 aliphatic heterocycles. The average Bonchev–Trinajstić information content (AvgIpc) is 2.54. The SMILES string of the molecule is CC12CCCC3C1C32. The van der Waals surface area contributed by atoms with E-state index < -0.39 is 0 Å². The molecule has 0 aromatic heterocycles. The summed E-state index contributed by atoms with van der Waals surface area (Å²) in [6.45, 7) is 2.48. The van der Waals surface area contributed by atoms with E-state index in [0.29, 0.717) is 0 Å². The Labute approximate surface area is 50.3 Å². The van der Waals surface area contributed by atoms with Crippen LogP contribution in [0.5, 0.6) is 0 Å². The normalized spacial score (nSPS) is 73.9. The topological polar surface area (TPSA) is 0 Å². The minimum atomic E-state index is 0.906. The zero-order valence-corrected chi connectivity index (χ0v) is 5.35. The molecule has 3 aliphatic rings. The third-order valence-electron chi connectivity index (χ3n) is 3.84. The van der Waals surface area contributed by atoms with Crippen molar-refractivity contribution in [3.8, 4) is 0 Å². The van der Waals surface area contributed by atoms with E-state index >= 15 is 0 Å². The Morgan fingerprint density at radius 2 is 2.12 bits per heavy atom. The highest BCUT2D eigenvalue weighted by Gasteiger charge is 2.81. The molecule has 0 aromatic carbocycles. The van der Waals surface area contributed by atoms with Crippen LogP contribution < -0.4 is 0 Å². The van der Waals surface area contributed by atoms with Crippen LogP contribution in [-0.2, 0) is 0 Å². The largest absolute Gasteiger partial charge is 0.0591 e. The molecular weight excluding hydrogens is 96.1 g/mol. The van der Waals surface area contributed by atoms with Crippen LogP contribution in [0.2, 0.25) is 0 Å². The molecule has 0 bridgehead atoms. The maximum Gasteiger partial charge on any atom is -0.0258 e. The smallest absolute Gasteiger partial charge is 0.0258 e. The fourth-order valence-electron chi connectivity index (χ4n) is 3.28. The number of hydrogen-bond donors (Lipinski definition) is 0. The Morgan fingerprint density at radius 3 is 2.50 bits per heavy atom. The van der Waals surface area contributed by atoms with Gasteiger partial charge in [-0.3, -0.25) is 0 Å². The first kappa shape index (κ1) is 3.92. The van der Waals surface area contributed by atoms with Crippen LogP contribution in [0.25, 0.3) is 0 Å². The van der Waals surface area contributed by atoms with Crippen molar-refractivity contribution in [2.45, 2.75) is 26.2 Å². The lowest BCUT2D eigenvalue weighted by Gasteiger charge is -2.27. The van der Waals surface area contributed by atoms with E-state index in [2.05, 4.69) is 6.92 Å². The Kier molecular flexibility index (Phi) is 0.381. The second-order valence-corrected chi connectivity index (χ2v) is 4.11. The Morgan fingerprint density at radius 1 is 1.38 bits per heavy atom. The first-order chi connectivity index (χ1) is 3.84. The molecule has 0 heteroatoms. The number of hydrogen-bond acceptors (Lipinski definition) is 0. The lowest BCUT2D eigenvalue weighted by molar-refractivity contribution is 0.225. The molecule has 0 radical (unpaired) electrons. The monoisotopic (exact) mass is 108 g/mol. The molecular formula is C8H12. The van der Waals surface area contributed by atoms with Crippen molar-refractivity contribution in [2.24, 2.45) is 23.2 Å². The first-order valence-electron chi connectivity index (χ1n) is 3.84. The molecule has 0 N–H and O–H groups in total. The highest BCUT2D eigenvalue weighted by molar-refractivity contribution is 5.28. The highest BCUT2D eigenvalue weighted by atomic mass is 14.9. The number of rotatable bonds is 0. The molecule has 0 saturated heterocycles. The lowest BCUT2D eigenvalue weighted by Crippen LogP contribution is -2.18. The van der Waals surface area contributed by atoms with Gasteiger partial charge in [0.1, 0.15) is 0 Å². The second-order valence-electron chi connectivity index (χ2n) is 4.11. The van der Waals surface area contributed by atoms with Gasteiger partial charge < -0.3 is 0 Å². The summed E-state index contributed by atoms with van der Waals surface area (Å²) in [4.78, 5) is 0. The minimum absolute atomic E-state index is 0.906. The fourth-order valence-corrected chi connectivity index (χ4v) is 3.28. The maximum absolute atomic E-state index is 2.48. The molecule has 3 saturated carbocycles. The van der Waals surface area contributed by atoms with Gasteiger partial charge in [0.2, 0.25) is 0 Å². The van der Waals surface area contributed by atoms with Gasteiger partial charge in [-0.05, 0) is 36.0 Å². The molecule has 8 heavy (non-hydrogen) atoms. The summed E-state index contributed by atoms with van der Waals surface area (Å²) in [6.07, 6.45) is 4.66. The molecule has 0 nitrogen and oxygen atoms in total. The average molecular weight is 108 g/mol. The summed E-state index contributed by atoms with van der Waals surface area (Å²) >= 11 is 0. The molecule has 0 aromatic rings. The van der Waals surface area contributed by atoms with Crippen LogP contribution in [0.4, 0.5) is 0 Å². The molecule has 44 valence electrons. The van der Waals surface area contributed by atoms with Crippen molar-refractivity contribution in [2.75, 3.05) is 0 Å². The fraction of sp³-hybridized carbons (Fsp3) is 1.00. The van der Waals surface area contributed by atoms with Crippen molar-refractivity contribution < 1.29 is 0 Å². The maximum atomic E-state index is 2.48. The van der Waals surface area contributed by atoms with E-state index in [1.165, 1.54) is 24.2 Å². The van der Waals surface area contributed by atoms with E-state index in [1.807, 2.05) is 0 Å². The van der Waals surface area contributed by atoms with Crippen LogP contribution >= 0.6 is 0 Å². The predicted octanol–water partition coefficient (Wildman–Crippen LogP) is 2.05. The van der Waals surface area contributed by atoms with Gasteiger partial charge in [-0.15, -0.1) is 0 Å². The summed E-state index contributed by atoms with van der Waals surface area (Å²) in [5.41, 5.74) is 0.906. The summed E-state index contributed by atoms with van der Waals surface area (Å²) in [6, 6.07) is 0. The standard InChI is InChI=1S/C8H12/c1-8-4-2-3-5-6(8)7(5)8/h5-7H,2-4H2,1H3. The number of fused-ring (bicyclic) bond motifs is 2. The zero-order chi connectivity index (χ0) is 5.35. The van der Waals surface area contributed by atoms with Gasteiger partial charge >= 0.3 is 0 Å². The minimum Gasteiger partial charge on any atom is -0.0591 e. The van der Waals surface area contributed by atoms with E-state index in [1.54, 1.807) is 12.8 Å². The molecule has 0 heterocycles. The van der Waals surface area contributed by atoms with Gasteiger partial charge in [0.25, 0.3) is 0 Å². The van der Waals surface area contributed by atoms with E-state index in [4.69, 9.17) is 0 Å². The predicted molar refractivity (Wildman–Crippen MR) is 32.4 cm³/mol. The molecule has 2 atom stereocenters. The summed E-state index contributed by atoms with van der Waals surface area (Å²) in [7, 11) is 0. The Bertz CT molecular complexity index is 138. The first-order valence-corrected chi connectivity index (χ1v) is 3.84. The van der Waals surface area contributed by atoms with Crippen molar-refractivity contribution in [3.63, 3.8) is 0 Å². The van der Waals surface area contributed by atoms with Crippen LogP contribution in [0.3, 0.4) is 0 Å². The molecule has 0 spiro atoms. The Balaban J connectivity index is 1.96. The quantitative estimate of drug-likeness (QED) is 0.445. The highest BCUT2D eigenvalue weighted by Crippen LogP contribution is 2.86. The van der Waals surface area contributed by atoms with Gasteiger partial charge in [0.05, 0.1) is 0 Å². The van der Waals surface area contributed by atoms with Gasteiger partial charge in [-0.1, -0.05) is 13.3 Å². The van der Waals surface area contributed by atoms with Crippen LogP contribution in [-0.4, -0.2) is 0 Å². The Hall–Kier alpha value is 0. The zero-order valence-electron chi connectivity index (χ0n) is 5.35. The van der Waals surface area contributed by atoms with Gasteiger partial charge in [-0.2, -0.15) is 0 Å². The van der Waals surface area contributed by atoms with Crippen molar-refractivity contribution >= 4 is 0 Å². The van der Waals surface area contributed by atoms with Crippen LogP contribution in [0.1, 0.15) is 26.2 Å². The van der Waals surface area contributed by atoms with Crippen molar-refractivity contribution in [3.05, 3.63) is 0 Å². The van der Waals surface area contributed by atoms with Gasteiger partial charge in [-0.25, -0.2) is 0 Å². The lowest BCUT2D eigenvalue weighted by atomic mass is 9.78. The third kappa shape index (κ3) is 0.206. The van der Waals surface area contributed by atoms with Crippen molar-refractivity contribution in [1.82, 2.24) is 0 Å². The third-order valence-corrected chi connectivity index (χ3v) is 3.84. The van der Waals surface area contributed by atoms with Gasteiger partial charge in [0.15, 0.2) is 0 Å². The molecule has 0 amide bonds. The molecule has 3 aliphatic carbocycles. The van der Waals surface area contributed by atoms with Crippen molar-refractivity contribution in [1.29, 1.82) is 0 Å².